The summed E-state index contributed by atoms with van der Waals surface area (Å²) in [5, 5.41) is 5.31. The van der Waals surface area contributed by atoms with Gasteiger partial charge in [-0.05, 0) is 66.5 Å². The van der Waals surface area contributed by atoms with E-state index in [0.29, 0.717) is 6.42 Å². The molecular weight excluding hydrogens is 474 g/mol. The molecular formula is C24H24BrN3O2S. The maximum atomic E-state index is 13.1. The van der Waals surface area contributed by atoms with Crippen LogP contribution in [0.1, 0.15) is 38.1 Å². The zero-order valence-corrected chi connectivity index (χ0v) is 20.0. The number of benzene rings is 2. The second kappa shape index (κ2) is 9.12. The molecule has 0 amide bonds. The molecule has 0 saturated heterocycles. The van der Waals surface area contributed by atoms with Gasteiger partial charge in [0.15, 0.2) is 5.58 Å². The van der Waals surface area contributed by atoms with Gasteiger partial charge in [0, 0.05) is 34.4 Å². The molecule has 0 aliphatic rings. The standard InChI is InChI=1S/C24H24BrN3O2S/c1-24(2,3)31(29)28-20(15-16-9-8-14-22(25)26-16)17-10-4-5-11-18(17)23-19-12-6-7-13-21(19)30-27-23/h4-14,20,28H,15H2,1-3H3/t20-,31-/m0/s1. The van der Waals surface area contributed by atoms with Gasteiger partial charge in [-0.25, -0.2) is 4.98 Å². The van der Waals surface area contributed by atoms with Crippen molar-refractivity contribution in [3.05, 3.63) is 82.6 Å². The summed E-state index contributed by atoms with van der Waals surface area (Å²) in [5.41, 5.74) is 4.37. The number of para-hydroxylation sites is 1. The van der Waals surface area contributed by atoms with Gasteiger partial charge in [0.05, 0.1) is 6.04 Å². The summed E-state index contributed by atoms with van der Waals surface area (Å²) < 4.78 is 22.3. The minimum absolute atomic E-state index is 0.228. The Morgan fingerprint density at radius 3 is 2.55 bits per heavy atom. The second-order valence-corrected chi connectivity index (χ2v) is 11.1. The van der Waals surface area contributed by atoms with Crippen LogP contribution in [0.2, 0.25) is 0 Å². The third kappa shape index (κ3) is 5.01. The van der Waals surface area contributed by atoms with Gasteiger partial charge in [0.1, 0.15) is 15.0 Å². The molecule has 4 rings (SSSR count). The molecule has 5 nitrogen and oxygen atoms in total. The van der Waals surface area contributed by atoms with E-state index < -0.39 is 16.1 Å². The highest BCUT2D eigenvalue weighted by Crippen LogP contribution is 2.35. The fourth-order valence-electron chi connectivity index (χ4n) is 3.39. The number of rotatable bonds is 6. The van der Waals surface area contributed by atoms with Crippen molar-refractivity contribution in [1.29, 1.82) is 0 Å². The maximum Gasteiger partial charge on any atom is 0.167 e. The van der Waals surface area contributed by atoms with Crippen LogP contribution in [0.25, 0.3) is 22.2 Å². The van der Waals surface area contributed by atoms with Crippen molar-refractivity contribution in [3.63, 3.8) is 0 Å². The van der Waals surface area contributed by atoms with Crippen molar-refractivity contribution in [2.24, 2.45) is 0 Å². The Labute approximate surface area is 193 Å². The molecule has 4 aromatic rings. The quantitative estimate of drug-likeness (QED) is 0.261. The van der Waals surface area contributed by atoms with Gasteiger partial charge in [-0.1, -0.05) is 47.6 Å². The molecule has 2 aromatic heterocycles. The van der Waals surface area contributed by atoms with Crippen LogP contribution in [-0.4, -0.2) is 19.4 Å². The first-order chi connectivity index (χ1) is 14.8. The summed E-state index contributed by atoms with van der Waals surface area (Å²) in [6.45, 7) is 5.88. The van der Waals surface area contributed by atoms with Crippen LogP contribution in [0, 0.1) is 0 Å². The van der Waals surface area contributed by atoms with Crippen molar-refractivity contribution < 1.29 is 9.08 Å². The highest BCUT2D eigenvalue weighted by Gasteiger charge is 2.31. The van der Waals surface area contributed by atoms with Crippen LogP contribution in [0.5, 0.6) is 0 Å². The lowest BCUT2D eigenvalue weighted by molar-refractivity contribution is 0.459. The maximum absolute atomic E-state index is 13.1. The number of nitrogens with one attached hydrogen (secondary N) is 1. The van der Waals surface area contributed by atoms with Crippen molar-refractivity contribution in [2.45, 2.75) is 38.0 Å². The van der Waals surface area contributed by atoms with E-state index in [9.17, 15) is 4.55 Å². The van der Waals surface area contributed by atoms with Crippen molar-refractivity contribution in [3.8, 4) is 11.3 Å². The molecule has 2 atom stereocenters. The Kier molecular flexibility index (Phi) is 6.48. The number of halogens is 1. The Hall–Kier alpha value is -2.19. The fourth-order valence-corrected chi connectivity index (χ4v) is 4.59. The topological polar surface area (TPSA) is 74.0 Å². The normalized spacial score (nSPS) is 14.0. The number of fused-ring (bicyclic) bond motifs is 1. The van der Waals surface area contributed by atoms with Gasteiger partial charge in [-0.2, -0.15) is 0 Å². The molecule has 0 radical (unpaired) electrons. The van der Waals surface area contributed by atoms with Crippen LogP contribution >= 0.6 is 15.9 Å². The lowest BCUT2D eigenvalue weighted by Crippen LogP contribution is -2.42. The third-order valence-electron chi connectivity index (χ3n) is 4.96. The van der Waals surface area contributed by atoms with Crippen LogP contribution < -0.4 is 4.72 Å². The molecule has 0 bridgehead atoms. The summed E-state index contributed by atoms with van der Waals surface area (Å²) in [4.78, 5) is 4.59. The highest BCUT2D eigenvalue weighted by molar-refractivity contribution is 9.10. The van der Waals surface area contributed by atoms with Crippen molar-refractivity contribution in [1.82, 2.24) is 14.9 Å². The van der Waals surface area contributed by atoms with Gasteiger partial charge >= 0.3 is 0 Å². The number of hydrogen-bond acceptors (Lipinski definition) is 5. The Balaban J connectivity index is 1.79. The molecule has 31 heavy (non-hydrogen) atoms. The lowest BCUT2D eigenvalue weighted by Gasteiger charge is -2.29. The van der Waals surface area contributed by atoms with E-state index in [-0.39, 0.29) is 6.04 Å². The number of nitrogens with zero attached hydrogens (tertiary/aromatic N) is 2. The van der Waals surface area contributed by atoms with E-state index in [1.807, 2.05) is 87.5 Å². The minimum atomic E-state index is -1.26. The molecule has 0 saturated carbocycles. The molecule has 0 aliphatic carbocycles. The summed E-state index contributed by atoms with van der Waals surface area (Å²) in [7, 11) is 0. The average Bonchev–Trinajstić information content (AvgIpc) is 3.16. The van der Waals surface area contributed by atoms with E-state index in [1.54, 1.807) is 0 Å². The second-order valence-electron chi connectivity index (χ2n) is 8.32. The molecule has 0 fully saturated rings. The summed E-state index contributed by atoms with van der Waals surface area (Å²) >= 11 is 2.19. The van der Waals surface area contributed by atoms with Crippen LogP contribution in [-0.2, 0) is 17.8 Å². The Morgan fingerprint density at radius 2 is 1.77 bits per heavy atom. The van der Waals surface area contributed by atoms with Crippen molar-refractivity contribution >= 4 is 38.3 Å². The molecule has 0 spiro atoms. The zero-order chi connectivity index (χ0) is 22.0. The number of pyridine rings is 1. The first-order valence-electron chi connectivity index (χ1n) is 10.1. The molecule has 160 valence electrons. The van der Waals surface area contributed by atoms with Gasteiger partial charge < -0.3 is 9.08 Å². The molecule has 2 aromatic carbocycles. The van der Waals surface area contributed by atoms with Gasteiger partial charge in [0.2, 0.25) is 0 Å². The Bertz CT molecular complexity index is 1190. The van der Waals surface area contributed by atoms with Crippen LogP contribution in [0.4, 0.5) is 0 Å². The summed E-state index contributed by atoms with van der Waals surface area (Å²) in [5.74, 6) is 0. The molecule has 7 heteroatoms. The fraction of sp³-hybridized carbons (Fsp3) is 0.250. The zero-order valence-electron chi connectivity index (χ0n) is 17.6. The third-order valence-corrected chi connectivity index (χ3v) is 7.01. The van der Waals surface area contributed by atoms with E-state index in [4.69, 9.17) is 4.52 Å². The molecule has 0 unspecified atom stereocenters. The van der Waals surface area contributed by atoms with Crippen LogP contribution in [0.3, 0.4) is 0 Å². The van der Waals surface area contributed by atoms with E-state index in [0.717, 1.165) is 38.1 Å². The molecule has 1 N–H and O–H groups in total. The van der Waals surface area contributed by atoms with Gasteiger partial charge in [-0.15, -0.1) is 4.72 Å². The first-order valence-corrected chi connectivity index (χ1v) is 12.0. The predicted octanol–water partition coefficient (Wildman–Crippen LogP) is 5.99. The number of hydrogen-bond donors (Lipinski definition) is 1. The largest absolute Gasteiger partial charge is 0.598 e. The first kappa shape index (κ1) is 22.0. The predicted molar refractivity (Wildman–Crippen MR) is 129 cm³/mol. The number of aromatic nitrogens is 2. The SMILES string of the molecule is CC(C)(C)[S@+]([O-])N[C@@H](Cc1cccc(Br)n1)c1ccccc1-c1noc2ccccc12. The Morgan fingerprint density at radius 1 is 1.03 bits per heavy atom. The minimum Gasteiger partial charge on any atom is -0.598 e. The summed E-state index contributed by atoms with van der Waals surface area (Å²) in [6.07, 6.45) is 0.577. The van der Waals surface area contributed by atoms with Gasteiger partial charge in [-0.3, -0.25) is 0 Å². The van der Waals surface area contributed by atoms with E-state index in [2.05, 4.69) is 30.8 Å². The smallest absolute Gasteiger partial charge is 0.167 e. The summed E-state index contributed by atoms with van der Waals surface area (Å²) in [6, 6.07) is 21.5. The van der Waals surface area contributed by atoms with Gasteiger partial charge in [0.25, 0.3) is 0 Å². The molecule has 0 aliphatic heterocycles. The van der Waals surface area contributed by atoms with E-state index in [1.165, 1.54) is 0 Å². The highest BCUT2D eigenvalue weighted by atomic mass is 79.9. The monoisotopic (exact) mass is 497 g/mol. The van der Waals surface area contributed by atoms with E-state index >= 15 is 0 Å². The van der Waals surface area contributed by atoms with Crippen LogP contribution in [0.15, 0.2) is 75.9 Å². The van der Waals surface area contributed by atoms with Crippen molar-refractivity contribution in [2.75, 3.05) is 0 Å². The lowest BCUT2D eigenvalue weighted by atomic mass is 9.94. The average molecular weight is 498 g/mol. The molecule has 2 heterocycles.